The molecule has 1 aromatic carbocycles. The van der Waals surface area contributed by atoms with Crippen LogP contribution in [-0.4, -0.2) is 17.8 Å². The van der Waals surface area contributed by atoms with Gasteiger partial charge in [0.15, 0.2) is 0 Å². The highest BCUT2D eigenvalue weighted by molar-refractivity contribution is 5.37. The Morgan fingerprint density at radius 3 is 2.38 bits per heavy atom. The van der Waals surface area contributed by atoms with Crippen LogP contribution in [0.3, 0.4) is 0 Å². The van der Waals surface area contributed by atoms with Crippen LogP contribution in [0.4, 0.5) is 8.78 Å². The summed E-state index contributed by atoms with van der Waals surface area (Å²) >= 11 is 0. The van der Waals surface area contributed by atoms with E-state index in [1.165, 1.54) is 0 Å². The second-order valence-electron chi connectivity index (χ2n) is 4.11. The summed E-state index contributed by atoms with van der Waals surface area (Å²) in [5.74, 6) is -1.24. The zero-order valence-corrected chi connectivity index (χ0v) is 9.63. The molecule has 4 heteroatoms. The van der Waals surface area contributed by atoms with E-state index < -0.39 is 17.7 Å². The predicted molar refractivity (Wildman–Crippen MR) is 57.6 cm³/mol. The van der Waals surface area contributed by atoms with Gasteiger partial charge in [-0.05, 0) is 12.8 Å². The van der Waals surface area contributed by atoms with E-state index in [2.05, 4.69) is 0 Å². The van der Waals surface area contributed by atoms with Gasteiger partial charge in [-0.15, -0.1) is 0 Å². The molecule has 1 aromatic rings. The SMILES string of the molecule is CC(O)COc1cc(F)cc(F)c1C(C)C. The molecule has 0 aliphatic carbocycles. The smallest absolute Gasteiger partial charge is 0.133 e. The minimum atomic E-state index is -0.678. The summed E-state index contributed by atoms with van der Waals surface area (Å²) in [4.78, 5) is 0. The van der Waals surface area contributed by atoms with E-state index in [0.29, 0.717) is 5.56 Å². The Hall–Kier alpha value is -1.16. The van der Waals surface area contributed by atoms with Crippen molar-refractivity contribution in [2.45, 2.75) is 32.8 Å². The van der Waals surface area contributed by atoms with Crippen LogP contribution in [-0.2, 0) is 0 Å². The molecule has 1 unspecified atom stereocenters. The van der Waals surface area contributed by atoms with Crippen molar-refractivity contribution < 1.29 is 18.6 Å². The summed E-state index contributed by atoms with van der Waals surface area (Å²) in [6, 6.07) is 1.98. The number of rotatable bonds is 4. The van der Waals surface area contributed by atoms with Gasteiger partial charge >= 0.3 is 0 Å². The summed E-state index contributed by atoms with van der Waals surface area (Å²) in [6.45, 7) is 5.16. The standard InChI is InChI=1S/C12H16F2O2/c1-7(2)12-10(14)4-9(13)5-11(12)16-6-8(3)15/h4-5,7-8,15H,6H2,1-3H3. The Bertz CT molecular complexity index is 362. The summed E-state index contributed by atoms with van der Waals surface area (Å²) in [6.07, 6.45) is -0.675. The molecule has 0 fully saturated rings. The molecule has 0 aliphatic rings. The van der Waals surface area contributed by atoms with Crippen LogP contribution < -0.4 is 4.74 Å². The fourth-order valence-corrected chi connectivity index (χ4v) is 1.45. The molecule has 2 nitrogen and oxygen atoms in total. The Morgan fingerprint density at radius 2 is 1.88 bits per heavy atom. The molecule has 1 rings (SSSR count). The largest absolute Gasteiger partial charge is 0.490 e. The first-order valence-electron chi connectivity index (χ1n) is 5.21. The molecular formula is C12H16F2O2. The van der Waals surface area contributed by atoms with Crippen LogP contribution in [0.5, 0.6) is 5.75 Å². The van der Waals surface area contributed by atoms with Gasteiger partial charge in [-0.2, -0.15) is 0 Å². The average Bonchev–Trinajstić information content (AvgIpc) is 2.12. The molecule has 0 amide bonds. The van der Waals surface area contributed by atoms with Gasteiger partial charge in [-0.3, -0.25) is 0 Å². The number of ether oxygens (including phenoxy) is 1. The molecule has 0 saturated heterocycles. The average molecular weight is 230 g/mol. The third kappa shape index (κ3) is 3.17. The number of aliphatic hydroxyl groups is 1. The highest BCUT2D eigenvalue weighted by Gasteiger charge is 2.16. The third-order valence-corrected chi connectivity index (χ3v) is 2.11. The van der Waals surface area contributed by atoms with Crippen LogP contribution in [0.25, 0.3) is 0 Å². The maximum Gasteiger partial charge on any atom is 0.133 e. The second-order valence-corrected chi connectivity index (χ2v) is 4.11. The van der Waals surface area contributed by atoms with Gasteiger partial charge in [0.25, 0.3) is 0 Å². The van der Waals surface area contributed by atoms with Crippen molar-refractivity contribution in [1.29, 1.82) is 0 Å². The lowest BCUT2D eigenvalue weighted by Gasteiger charge is -2.16. The first-order chi connectivity index (χ1) is 7.41. The number of hydrogen-bond donors (Lipinski definition) is 1. The van der Waals surface area contributed by atoms with E-state index in [9.17, 15) is 8.78 Å². The highest BCUT2D eigenvalue weighted by Crippen LogP contribution is 2.30. The number of benzene rings is 1. The Labute approximate surface area is 93.9 Å². The van der Waals surface area contributed by atoms with Gasteiger partial charge in [-0.1, -0.05) is 13.8 Å². The van der Waals surface area contributed by atoms with Crippen molar-refractivity contribution in [2.75, 3.05) is 6.61 Å². The lowest BCUT2D eigenvalue weighted by atomic mass is 10.0. The lowest BCUT2D eigenvalue weighted by molar-refractivity contribution is 0.121. The Balaban J connectivity index is 3.04. The van der Waals surface area contributed by atoms with Crippen molar-refractivity contribution in [3.05, 3.63) is 29.3 Å². The maximum atomic E-state index is 13.5. The van der Waals surface area contributed by atoms with Crippen molar-refractivity contribution in [1.82, 2.24) is 0 Å². The van der Waals surface area contributed by atoms with Crippen LogP contribution in [0.15, 0.2) is 12.1 Å². The summed E-state index contributed by atoms with van der Waals surface area (Å²) < 4.78 is 31.7. The summed E-state index contributed by atoms with van der Waals surface area (Å²) in [5.41, 5.74) is 0.335. The van der Waals surface area contributed by atoms with E-state index in [1.807, 2.05) is 0 Å². The molecule has 90 valence electrons. The molecular weight excluding hydrogens is 214 g/mol. The van der Waals surface area contributed by atoms with Crippen LogP contribution >= 0.6 is 0 Å². The zero-order chi connectivity index (χ0) is 12.3. The van der Waals surface area contributed by atoms with Gasteiger partial charge in [0, 0.05) is 17.7 Å². The predicted octanol–water partition coefficient (Wildman–Crippen LogP) is 2.85. The number of aliphatic hydroxyl groups excluding tert-OH is 1. The lowest BCUT2D eigenvalue weighted by Crippen LogP contribution is -2.14. The van der Waals surface area contributed by atoms with Crippen molar-refractivity contribution in [3.63, 3.8) is 0 Å². The van der Waals surface area contributed by atoms with Crippen LogP contribution in [0.1, 0.15) is 32.3 Å². The van der Waals surface area contributed by atoms with Gasteiger partial charge in [-0.25, -0.2) is 8.78 Å². The minimum Gasteiger partial charge on any atom is -0.490 e. The van der Waals surface area contributed by atoms with Crippen molar-refractivity contribution in [2.24, 2.45) is 0 Å². The first kappa shape index (κ1) is 12.9. The van der Waals surface area contributed by atoms with Gasteiger partial charge in [0.2, 0.25) is 0 Å². The number of hydrogen-bond acceptors (Lipinski definition) is 2. The van der Waals surface area contributed by atoms with Gasteiger partial charge in [0.1, 0.15) is 24.0 Å². The topological polar surface area (TPSA) is 29.5 Å². The first-order valence-corrected chi connectivity index (χ1v) is 5.21. The molecule has 0 spiro atoms. The molecule has 0 heterocycles. The fraction of sp³-hybridized carbons (Fsp3) is 0.500. The molecule has 0 saturated carbocycles. The fourth-order valence-electron chi connectivity index (χ4n) is 1.45. The third-order valence-electron chi connectivity index (χ3n) is 2.11. The van der Waals surface area contributed by atoms with Crippen LogP contribution in [0, 0.1) is 11.6 Å². The van der Waals surface area contributed by atoms with Gasteiger partial charge in [0.05, 0.1) is 6.10 Å². The molecule has 0 bridgehead atoms. The molecule has 0 radical (unpaired) electrons. The van der Waals surface area contributed by atoms with E-state index >= 15 is 0 Å². The molecule has 0 aromatic heterocycles. The molecule has 1 atom stereocenters. The highest BCUT2D eigenvalue weighted by atomic mass is 19.1. The van der Waals surface area contributed by atoms with Crippen molar-refractivity contribution >= 4 is 0 Å². The zero-order valence-electron chi connectivity index (χ0n) is 9.63. The Morgan fingerprint density at radius 1 is 1.25 bits per heavy atom. The minimum absolute atomic E-state index is 0.0165. The van der Waals surface area contributed by atoms with E-state index in [-0.39, 0.29) is 18.3 Å². The molecule has 0 aliphatic heterocycles. The van der Waals surface area contributed by atoms with E-state index in [4.69, 9.17) is 9.84 Å². The van der Waals surface area contributed by atoms with Crippen LogP contribution in [0.2, 0.25) is 0 Å². The molecule has 16 heavy (non-hydrogen) atoms. The Kier molecular flexibility index (Phi) is 4.24. The normalized spacial score (nSPS) is 12.9. The van der Waals surface area contributed by atoms with E-state index in [1.54, 1.807) is 20.8 Å². The van der Waals surface area contributed by atoms with Crippen molar-refractivity contribution in [3.8, 4) is 5.75 Å². The maximum absolute atomic E-state index is 13.5. The molecule has 1 N–H and O–H groups in total. The quantitative estimate of drug-likeness (QED) is 0.861. The summed E-state index contributed by atoms with van der Waals surface area (Å²) in [5, 5.41) is 9.07. The monoisotopic (exact) mass is 230 g/mol. The van der Waals surface area contributed by atoms with Gasteiger partial charge < -0.3 is 9.84 Å². The second kappa shape index (κ2) is 5.25. The van der Waals surface area contributed by atoms with E-state index in [0.717, 1.165) is 12.1 Å². The summed E-state index contributed by atoms with van der Waals surface area (Å²) in [7, 11) is 0. The number of halogens is 2.